The summed E-state index contributed by atoms with van der Waals surface area (Å²) in [4.78, 5) is 41.8. The molecule has 3 heterocycles. The van der Waals surface area contributed by atoms with Gasteiger partial charge in [0.15, 0.2) is 6.20 Å². The SMILES string of the molecule is O=C(NCCC(=O)N1CCN(c2ccc([N+](=O)[O-])nc2)CC1)c1ccoc1. The van der Waals surface area contributed by atoms with Gasteiger partial charge in [-0.15, -0.1) is 0 Å². The Balaban J connectivity index is 1.42. The Kier molecular flexibility index (Phi) is 5.64. The van der Waals surface area contributed by atoms with E-state index in [9.17, 15) is 19.7 Å². The van der Waals surface area contributed by atoms with Gasteiger partial charge in [-0.1, -0.05) is 0 Å². The van der Waals surface area contributed by atoms with Crippen molar-refractivity contribution in [3.05, 3.63) is 52.6 Å². The number of nitrogens with zero attached hydrogens (tertiary/aromatic N) is 4. The van der Waals surface area contributed by atoms with Gasteiger partial charge < -0.3 is 29.6 Å². The number of hydrogen-bond acceptors (Lipinski definition) is 7. The molecule has 1 saturated heterocycles. The molecular weight excluding hydrogens is 354 g/mol. The van der Waals surface area contributed by atoms with Crippen LogP contribution >= 0.6 is 0 Å². The highest BCUT2D eigenvalue weighted by atomic mass is 16.6. The number of carbonyl (C=O) groups excluding carboxylic acids is 2. The minimum atomic E-state index is -0.536. The fourth-order valence-electron chi connectivity index (χ4n) is 2.82. The van der Waals surface area contributed by atoms with E-state index in [0.717, 1.165) is 5.69 Å². The van der Waals surface area contributed by atoms with Gasteiger partial charge in [0.05, 0.1) is 17.5 Å². The maximum absolute atomic E-state index is 12.3. The van der Waals surface area contributed by atoms with Crippen molar-refractivity contribution in [1.29, 1.82) is 0 Å². The average molecular weight is 373 g/mol. The molecule has 27 heavy (non-hydrogen) atoms. The number of nitro groups is 1. The molecule has 1 N–H and O–H groups in total. The highest BCUT2D eigenvalue weighted by molar-refractivity contribution is 5.94. The molecule has 2 aromatic heterocycles. The smallest absolute Gasteiger partial charge is 0.363 e. The normalized spacial score (nSPS) is 14.1. The Bertz CT molecular complexity index is 798. The standard InChI is InChI=1S/C17H19N5O5/c23-16(3-5-18-17(24)13-4-10-27-12-13)21-8-6-20(7-9-21)14-1-2-15(19-11-14)22(25)26/h1-2,4,10-12H,3,5-9H2,(H,18,24). The first-order valence-electron chi connectivity index (χ1n) is 8.48. The topological polar surface area (TPSA) is 122 Å². The number of aromatic nitrogens is 1. The van der Waals surface area contributed by atoms with Crippen LogP contribution in [0.15, 0.2) is 41.3 Å². The summed E-state index contributed by atoms with van der Waals surface area (Å²) in [5.74, 6) is -0.485. The van der Waals surface area contributed by atoms with Crippen LogP contribution in [0.3, 0.4) is 0 Å². The zero-order valence-corrected chi connectivity index (χ0v) is 14.5. The molecule has 1 aliphatic rings. The molecule has 142 valence electrons. The summed E-state index contributed by atoms with van der Waals surface area (Å²) >= 11 is 0. The maximum atomic E-state index is 12.3. The highest BCUT2D eigenvalue weighted by Gasteiger charge is 2.22. The molecule has 0 unspecified atom stereocenters. The zero-order valence-electron chi connectivity index (χ0n) is 14.5. The lowest BCUT2D eigenvalue weighted by Gasteiger charge is -2.35. The fourth-order valence-corrected chi connectivity index (χ4v) is 2.82. The lowest BCUT2D eigenvalue weighted by Crippen LogP contribution is -2.49. The van der Waals surface area contributed by atoms with Gasteiger partial charge in [-0.2, -0.15) is 0 Å². The maximum Gasteiger partial charge on any atom is 0.363 e. The Morgan fingerprint density at radius 1 is 1.22 bits per heavy atom. The van der Waals surface area contributed by atoms with Crippen LogP contribution in [0.4, 0.5) is 11.5 Å². The number of anilines is 1. The molecule has 10 heteroatoms. The van der Waals surface area contributed by atoms with Crippen molar-refractivity contribution in [3.8, 4) is 0 Å². The first-order valence-corrected chi connectivity index (χ1v) is 8.48. The zero-order chi connectivity index (χ0) is 19.2. The number of carbonyl (C=O) groups is 2. The Morgan fingerprint density at radius 2 is 2.00 bits per heavy atom. The van der Waals surface area contributed by atoms with Crippen molar-refractivity contribution in [2.45, 2.75) is 6.42 Å². The third-order valence-corrected chi connectivity index (χ3v) is 4.32. The first kappa shape index (κ1) is 18.4. The molecule has 1 aliphatic heterocycles. The van der Waals surface area contributed by atoms with E-state index in [1.54, 1.807) is 17.0 Å². The molecule has 0 aromatic carbocycles. The van der Waals surface area contributed by atoms with E-state index < -0.39 is 4.92 Å². The molecule has 1 fully saturated rings. The van der Waals surface area contributed by atoms with Gasteiger partial charge in [0, 0.05) is 45.2 Å². The van der Waals surface area contributed by atoms with Gasteiger partial charge in [0.1, 0.15) is 6.26 Å². The van der Waals surface area contributed by atoms with Gasteiger partial charge in [-0.3, -0.25) is 9.59 Å². The predicted molar refractivity (Wildman–Crippen MR) is 95.3 cm³/mol. The molecule has 0 aliphatic carbocycles. The number of amides is 2. The summed E-state index contributed by atoms with van der Waals surface area (Å²) < 4.78 is 4.84. The van der Waals surface area contributed by atoms with Crippen LogP contribution < -0.4 is 10.2 Å². The molecule has 3 rings (SSSR count). The molecule has 0 saturated carbocycles. The van der Waals surface area contributed by atoms with Gasteiger partial charge in [-0.05, 0) is 22.0 Å². The van der Waals surface area contributed by atoms with Crippen molar-refractivity contribution >= 4 is 23.3 Å². The second kappa shape index (κ2) is 8.30. The van der Waals surface area contributed by atoms with Crippen molar-refractivity contribution in [2.24, 2.45) is 0 Å². The van der Waals surface area contributed by atoms with E-state index in [0.29, 0.717) is 31.7 Å². The van der Waals surface area contributed by atoms with Crippen LogP contribution in [0.5, 0.6) is 0 Å². The minimum Gasteiger partial charge on any atom is -0.472 e. The van der Waals surface area contributed by atoms with Crippen molar-refractivity contribution in [1.82, 2.24) is 15.2 Å². The van der Waals surface area contributed by atoms with E-state index in [1.165, 1.54) is 24.8 Å². The number of pyridine rings is 1. The Hall–Kier alpha value is -3.43. The molecular formula is C17H19N5O5. The minimum absolute atomic E-state index is 0.0241. The van der Waals surface area contributed by atoms with Crippen LogP contribution in [-0.4, -0.2) is 59.3 Å². The van der Waals surface area contributed by atoms with E-state index in [1.807, 2.05) is 4.90 Å². The molecule has 0 atom stereocenters. The van der Waals surface area contributed by atoms with E-state index >= 15 is 0 Å². The molecule has 0 spiro atoms. The van der Waals surface area contributed by atoms with Crippen LogP contribution in [0.25, 0.3) is 0 Å². The number of piperazine rings is 1. The fraction of sp³-hybridized carbons (Fsp3) is 0.353. The molecule has 10 nitrogen and oxygen atoms in total. The quantitative estimate of drug-likeness (QED) is 0.593. The monoisotopic (exact) mass is 373 g/mol. The number of hydrogen-bond donors (Lipinski definition) is 1. The third-order valence-electron chi connectivity index (χ3n) is 4.32. The van der Waals surface area contributed by atoms with Gasteiger partial charge in [0.25, 0.3) is 5.91 Å². The lowest BCUT2D eigenvalue weighted by molar-refractivity contribution is -0.389. The first-order chi connectivity index (χ1) is 13.0. The van der Waals surface area contributed by atoms with Crippen molar-refractivity contribution in [3.63, 3.8) is 0 Å². The lowest BCUT2D eigenvalue weighted by atomic mass is 10.2. The molecule has 2 aromatic rings. The Labute approximate surface area is 154 Å². The largest absolute Gasteiger partial charge is 0.472 e. The van der Waals surface area contributed by atoms with Crippen LogP contribution in [-0.2, 0) is 4.79 Å². The van der Waals surface area contributed by atoms with E-state index in [-0.39, 0.29) is 30.6 Å². The third kappa shape index (κ3) is 4.60. The van der Waals surface area contributed by atoms with E-state index in [2.05, 4.69) is 10.3 Å². The predicted octanol–water partition coefficient (Wildman–Crippen LogP) is 1.05. The number of nitrogens with one attached hydrogen (secondary N) is 1. The van der Waals surface area contributed by atoms with Gasteiger partial charge >= 0.3 is 5.82 Å². The van der Waals surface area contributed by atoms with E-state index in [4.69, 9.17) is 4.42 Å². The number of rotatable bonds is 6. The van der Waals surface area contributed by atoms with Crippen LogP contribution in [0, 0.1) is 10.1 Å². The second-order valence-electron chi connectivity index (χ2n) is 6.02. The second-order valence-corrected chi connectivity index (χ2v) is 6.02. The summed E-state index contributed by atoms with van der Waals surface area (Å²) in [5.41, 5.74) is 1.22. The molecule has 0 bridgehead atoms. The van der Waals surface area contributed by atoms with Gasteiger partial charge in [-0.25, -0.2) is 0 Å². The van der Waals surface area contributed by atoms with Crippen LogP contribution in [0.2, 0.25) is 0 Å². The molecule has 0 radical (unpaired) electrons. The summed E-state index contributed by atoms with van der Waals surface area (Å²) in [6.07, 6.45) is 4.47. The number of furan rings is 1. The summed E-state index contributed by atoms with van der Waals surface area (Å²) in [6.45, 7) is 2.59. The highest BCUT2D eigenvalue weighted by Crippen LogP contribution is 2.18. The van der Waals surface area contributed by atoms with Gasteiger partial charge in [0.2, 0.25) is 5.91 Å². The summed E-state index contributed by atoms with van der Waals surface area (Å²) in [6, 6.07) is 4.59. The summed E-state index contributed by atoms with van der Waals surface area (Å²) in [7, 11) is 0. The summed E-state index contributed by atoms with van der Waals surface area (Å²) in [5, 5.41) is 13.3. The van der Waals surface area contributed by atoms with Crippen LogP contribution in [0.1, 0.15) is 16.8 Å². The molecule has 2 amide bonds. The average Bonchev–Trinajstić information content (AvgIpc) is 3.23. The van der Waals surface area contributed by atoms with Crippen molar-refractivity contribution < 1.29 is 18.9 Å². The van der Waals surface area contributed by atoms with Crippen molar-refractivity contribution in [2.75, 3.05) is 37.6 Å². The Morgan fingerprint density at radius 3 is 2.59 bits per heavy atom.